The van der Waals surface area contributed by atoms with Crippen LogP contribution in [0, 0.1) is 0 Å². The number of anilines is 1. The Morgan fingerprint density at radius 3 is 2.41 bits per heavy atom. The highest BCUT2D eigenvalue weighted by atomic mass is 32.2. The molecule has 0 unspecified atom stereocenters. The average Bonchev–Trinajstić information content (AvgIpc) is 2.84. The Hall–Kier alpha value is -1.59. The van der Waals surface area contributed by atoms with Crippen molar-refractivity contribution < 1.29 is 4.79 Å². The van der Waals surface area contributed by atoms with Crippen LogP contribution in [0.25, 0.3) is 0 Å². The predicted octanol–water partition coefficient (Wildman–Crippen LogP) is 3.67. The van der Waals surface area contributed by atoms with Crippen LogP contribution in [0.4, 0.5) is 5.69 Å². The molecule has 22 heavy (non-hydrogen) atoms. The van der Waals surface area contributed by atoms with Gasteiger partial charge in [-0.2, -0.15) is 0 Å². The molecule has 5 heteroatoms. The molecule has 3 rings (SSSR count). The predicted molar refractivity (Wildman–Crippen MR) is 97.0 cm³/mol. The summed E-state index contributed by atoms with van der Waals surface area (Å²) in [6.07, 6.45) is 3.93. The molecule has 0 spiro atoms. The molecule has 1 amide bonds. The second-order valence-corrected chi connectivity index (χ2v) is 7.69. The molecule has 114 valence electrons. The summed E-state index contributed by atoms with van der Waals surface area (Å²) in [6, 6.07) is 8.41. The number of para-hydroxylation sites is 1. The molecule has 0 saturated carbocycles. The fourth-order valence-corrected chi connectivity index (χ4v) is 4.14. The number of nitrogens with zero attached hydrogens (tertiary/aromatic N) is 2. The van der Waals surface area contributed by atoms with E-state index >= 15 is 0 Å². The van der Waals surface area contributed by atoms with E-state index in [1.165, 1.54) is 33.6 Å². The first-order chi connectivity index (χ1) is 10.3. The molecule has 1 fully saturated rings. The number of likely N-dealkylation sites (N-methyl/N-ethyl adjacent to an activating group) is 2. The van der Waals surface area contributed by atoms with E-state index in [1.54, 1.807) is 7.05 Å². The van der Waals surface area contributed by atoms with E-state index in [0.29, 0.717) is 9.23 Å². The molecular weight excluding hydrogens is 312 g/mol. The lowest BCUT2D eigenvalue weighted by Gasteiger charge is -2.23. The van der Waals surface area contributed by atoms with Crippen molar-refractivity contribution in [2.24, 2.45) is 0 Å². The van der Waals surface area contributed by atoms with Crippen LogP contribution in [-0.2, 0) is 10.2 Å². The van der Waals surface area contributed by atoms with Crippen LogP contribution in [0.5, 0.6) is 0 Å². The van der Waals surface area contributed by atoms with Crippen molar-refractivity contribution in [3.63, 3.8) is 0 Å². The number of hydrogen-bond acceptors (Lipinski definition) is 4. The van der Waals surface area contributed by atoms with E-state index in [9.17, 15) is 4.79 Å². The van der Waals surface area contributed by atoms with Crippen molar-refractivity contribution in [1.29, 1.82) is 0 Å². The maximum atomic E-state index is 12.1. The maximum Gasteiger partial charge on any atom is 0.265 e. The standard InChI is InChI=1S/C17H18N2OS2/c1-17(2)11-7-5-6-8-12(11)18(3)14(17)10-9-13-15(20)19(4)16(21)22-13/h5-10H,1-4H3. The second kappa shape index (κ2) is 5.25. The molecule has 1 aromatic rings. The lowest BCUT2D eigenvalue weighted by atomic mass is 9.84. The minimum atomic E-state index is -0.0822. The van der Waals surface area contributed by atoms with Crippen LogP contribution in [0.15, 0.2) is 47.0 Å². The zero-order chi connectivity index (χ0) is 16.1. The highest BCUT2D eigenvalue weighted by molar-refractivity contribution is 8.26. The summed E-state index contributed by atoms with van der Waals surface area (Å²) < 4.78 is 0.608. The largest absolute Gasteiger partial charge is 0.347 e. The minimum absolute atomic E-state index is 0.0252. The summed E-state index contributed by atoms with van der Waals surface area (Å²) in [6.45, 7) is 4.42. The lowest BCUT2D eigenvalue weighted by Crippen LogP contribution is -2.23. The Morgan fingerprint density at radius 2 is 1.82 bits per heavy atom. The van der Waals surface area contributed by atoms with Crippen LogP contribution in [0.3, 0.4) is 0 Å². The summed E-state index contributed by atoms with van der Waals surface area (Å²) in [5, 5.41) is 0. The Labute approximate surface area is 140 Å². The van der Waals surface area contributed by atoms with Gasteiger partial charge < -0.3 is 4.90 Å². The van der Waals surface area contributed by atoms with Crippen molar-refractivity contribution in [3.05, 3.63) is 52.6 Å². The summed E-state index contributed by atoms with van der Waals surface area (Å²) >= 11 is 6.52. The summed E-state index contributed by atoms with van der Waals surface area (Å²) in [4.78, 5) is 16.5. The monoisotopic (exact) mass is 330 g/mol. The molecule has 0 aromatic heterocycles. The molecule has 2 aliphatic rings. The molecule has 0 N–H and O–H groups in total. The molecule has 2 aliphatic heterocycles. The first-order valence-corrected chi connectivity index (χ1v) is 8.32. The Kier molecular flexibility index (Phi) is 3.65. The van der Waals surface area contributed by atoms with Gasteiger partial charge in [-0.3, -0.25) is 9.69 Å². The van der Waals surface area contributed by atoms with Gasteiger partial charge in [0.05, 0.1) is 4.91 Å². The number of rotatable bonds is 1. The third-order valence-electron chi connectivity index (χ3n) is 4.32. The smallest absolute Gasteiger partial charge is 0.265 e. The van der Waals surface area contributed by atoms with Gasteiger partial charge in [-0.1, -0.05) is 56.0 Å². The van der Waals surface area contributed by atoms with Crippen molar-refractivity contribution in [3.8, 4) is 0 Å². The SMILES string of the molecule is CN1C(=O)C(=CC=C2N(C)c3ccccc3C2(C)C)SC1=S. The van der Waals surface area contributed by atoms with Crippen molar-refractivity contribution in [1.82, 2.24) is 4.90 Å². The van der Waals surface area contributed by atoms with Crippen LogP contribution < -0.4 is 4.90 Å². The van der Waals surface area contributed by atoms with Crippen molar-refractivity contribution >= 4 is 39.9 Å². The lowest BCUT2D eigenvalue weighted by molar-refractivity contribution is -0.121. The zero-order valence-corrected chi connectivity index (χ0v) is 14.7. The number of benzene rings is 1. The number of carbonyl (C=O) groups excluding carboxylic acids is 1. The Morgan fingerprint density at radius 1 is 1.14 bits per heavy atom. The summed E-state index contributed by atoms with van der Waals surface area (Å²) in [5.74, 6) is -0.0252. The fourth-order valence-electron chi connectivity index (χ4n) is 3.02. The first-order valence-electron chi connectivity index (χ1n) is 7.09. The van der Waals surface area contributed by atoms with E-state index in [4.69, 9.17) is 12.2 Å². The van der Waals surface area contributed by atoms with E-state index in [2.05, 4.69) is 50.1 Å². The number of carbonyl (C=O) groups is 1. The normalized spacial score (nSPS) is 23.8. The number of hydrogen-bond donors (Lipinski definition) is 0. The summed E-state index contributed by atoms with van der Waals surface area (Å²) in [5.41, 5.74) is 3.62. The Balaban J connectivity index is 2.00. The van der Waals surface area contributed by atoms with E-state index in [-0.39, 0.29) is 11.3 Å². The molecule has 0 bridgehead atoms. The van der Waals surface area contributed by atoms with Gasteiger partial charge in [0.2, 0.25) is 0 Å². The van der Waals surface area contributed by atoms with Crippen LogP contribution >= 0.6 is 24.0 Å². The van der Waals surface area contributed by atoms with Gasteiger partial charge in [0.1, 0.15) is 4.32 Å². The van der Waals surface area contributed by atoms with Crippen LogP contribution in [-0.4, -0.2) is 29.2 Å². The molecular formula is C17H18N2OS2. The first kappa shape index (κ1) is 15.3. The fraction of sp³-hybridized carbons (Fsp3) is 0.294. The second-order valence-electron chi connectivity index (χ2n) is 6.02. The molecule has 3 nitrogen and oxygen atoms in total. The zero-order valence-electron chi connectivity index (χ0n) is 13.1. The van der Waals surface area contributed by atoms with Gasteiger partial charge in [-0.15, -0.1) is 0 Å². The average molecular weight is 330 g/mol. The molecule has 0 atom stereocenters. The van der Waals surface area contributed by atoms with Gasteiger partial charge in [0, 0.05) is 30.9 Å². The molecule has 0 aliphatic carbocycles. The van der Waals surface area contributed by atoms with Gasteiger partial charge in [0.25, 0.3) is 5.91 Å². The quantitative estimate of drug-likeness (QED) is 0.579. The summed E-state index contributed by atoms with van der Waals surface area (Å²) in [7, 11) is 3.78. The van der Waals surface area contributed by atoms with Gasteiger partial charge in [-0.05, 0) is 23.8 Å². The minimum Gasteiger partial charge on any atom is -0.347 e. The van der Waals surface area contributed by atoms with Gasteiger partial charge >= 0.3 is 0 Å². The third kappa shape index (κ3) is 2.20. The number of fused-ring (bicyclic) bond motifs is 1. The highest BCUT2D eigenvalue weighted by Gasteiger charge is 2.38. The van der Waals surface area contributed by atoms with E-state index in [1.807, 2.05) is 12.2 Å². The van der Waals surface area contributed by atoms with E-state index < -0.39 is 0 Å². The molecule has 1 aromatic carbocycles. The van der Waals surface area contributed by atoms with Crippen molar-refractivity contribution in [2.75, 3.05) is 19.0 Å². The third-order valence-corrected chi connectivity index (χ3v) is 5.82. The maximum absolute atomic E-state index is 12.1. The number of allylic oxidation sites excluding steroid dienone is 3. The topological polar surface area (TPSA) is 23.6 Å². The highest BCUT2D eigenvalue weighted by Crippen LogP contribution is 2.46. The van der Waals surface area contributed by atoms with E-state index in [0.717, 1.165) is 0 Å². The number of amides is 1. The van der Waals surface area contributed by atoms with Gasteiger partial charge in [0.15, 0.2) is 0 Å². The van der Waals surface area contributed by atoms with Crippen LogP contribution in [0.2, 0.25) is 0 Å². The molecule has 2 heterocycles. The van der Waals surface area contributed by atoms with Crippen molar-refractivity contribution in [2.45, 2.75) is 19.3 Å². The molecule has 1 saturated heterocycles. The van der Waals surface area contributed by atoms with Crippen LogP contribution in [0.1, 0.15) is 19.4 Å². The Bertz CT molecular complexity index is 734. The molecule has 0 radical (unpaired) electrons. The van der Waals surface area contributed by atoms with Gasteiger partial charge in [-0.25, -0.2) is 0 Å². The number of thiocarbonyl (C=S) groups is 1. The number of thioether (sulfide) groups is 1.